The van der Waals surface area contributed by atoms with Crippen LogP contribution >= 0.6 is 27.3 Å². The molecule has 1 heterocycles. The van der Waals surface area contributed by atoms with Crippen molar-refractivity contribution in [3.63, 3.8) is 0 Å². The lowest BCUT2D eigenvalue weighted by Crippen LogP contribution is -2.51. The van der Waals surface area contributed by atoms with E-state index in [4.69, 9.17) is 4.74 Å². The summed E-state index contributed by atoms with van der Waals surface area (Å²) < 4.78 is 7.16. The second-order valence-corrected chi connectivity index (χ2v) is 7.33. The Balaban J connectivity index is 2.10. The molecule has 1 saturated carbocycles. The molecule has 1 unspecified atom stereocenters. The van der Waals surface area contributed by atoms with Gasteiger partial charge in [0.1, 0.15) is 0 Å². The molecule has 0 radical (unpaired) electrons. The van der Waals surface area contributed by atoms with Crippen LogP contribution in [0.3, 0.4) is 0 Å². The van der Waals surface area contributed by atoms with Gasteiger partial charge in [0.2, 0.25) is 0 Å². The van der Waals surface area contributed by atoms with Crippen LogP contribution in [0.25, 0.3) is 0 Å². The number of nitrogens with one attached hydrogen (secondary N) is 1. The summed E-state index contributed by atoms with van der Waals surface area (Å²) in [6, 6.07) is 2.68. The maximum atomic E-state index is 5.97. The van der Waals surface area contributed by atoms with E-state index in [9.17, 15) is 0 Å². The molecule has 2 nitrogen and oxygen atoms in total. The molecule has 0 amide bonds. The van der Waals surface area contributed by atoms with Crippen LogP contribution in [0.1, 0.15) is 43.9 Å². The summed E-state index contributed by atoms with van der Waals surface area (Å²) in [5.74, 6) is 0. The summed E-state index contributed by atoms with van der Waals surface area (Å²) in [7, 11) is 1.89. The van der Waals surface area contributed by atoms with E-state index in [0.717, 1.165) is 13.0 Å². The Morgan fingerprint density at radius 2 is 2.21 bits per heavy atom. The monoisotopic (exact) mass is 345 g/mol. The van der Waals surface area contributed by atoms with E-state index in [1.165, 1.54) is 41.5 Å². The molecule has 0 spiro atoms. The van der Waals surface area contributed by atoms with Gasteiger partial charge in [0.25, 0.3) is 0 Å². The molecule has 1 aliphatic rings. The Bertz CT molecular complexity index is 387. The Labute approximate surface area is 129 Å². The van der Waals surface area contributed by atoms with Gasteiger partial charge in [-0.2, -0.15) is 0 Å². The number of methoxy groups -OCH3 is 1. The number of hydrogen-bond acceptors (Lipinski definition) is 3. The lowest BCUT2D eigenvalue weighted by atomic mass is 9.89. The van der Waals surface area contributed by atoms with Crippen LogP contribution in [0.4, 0.5) is 0 Å². The van der Waals surface area contributed by atoms with Gasteiger partial charge in [-0.05, 0) is 54.2 Å². The third-order valence-electron chi connectivity index (χ3n) is 4.16. The van der Waals surface area contributed by atoms with Crippen LogP contribution in [-0.2, 0) is 11.2 Å². The van der Waals surface area contributed by atoms with Gasteiger partial charge in [-0.15, -0.1) is 11.3 Å². The molecule has 2 rings (SSSR count). The fourth-order valence-corrected chi connectivity index (χ4v) is 4.59. The van der Waals surface area contributed by atoms with Crippen molar-refractivity contribution in [1.82, 2.24) is 5.32 Å². The molecule has 0 aromatic carbocycles. The molecule has 0 aliphatic heterocycles. The Morgan fingerprint density at radius 1 is 1.47 bits per heavy atom. The minimum absolute atomic E-state index is 0.0473. The van der Waals surface area contributed by atoms with Crippen LogP contribution in [0.2, 0.25) is 0 Å². The highest BCUT2D eigenvalue weighted by molar-refractivity contribution is 9.10. The average molecular weight is 346 g/mol. The number of halogens is 1. The van der Waals surface area contributed by atoms with E-state index in [0.29, 0.717) is 6.04 Å². The van der Waals surface area contributed by atoms with Crippen molar-refractivity contribution in [2.75, 3.05) is 13.7 Å². The predicted molar refractivity (Wildman–Crippen MR) is 86.0 cm³/mol. The molecule has 1 N–H and O–H groups in total. The van der Waals surface area contributed by atoms with Crippen LogP contribution in [0.15, 0.2) is 15.9 Å². The number of ether oxygens (including phenoxy) is 1. The average Bonchev–Trinajstić information content (AvgIpc) is 3.04. The summed E-state index contributed by atoms with van der Waals surface area (Å²) in [5, 5.41) is 5.89. The Kier molecular flexibility index (Phi) is 5.87. The van der Waals surface area contributed by atoms with Gasteiger partial charge in [0, 0.05) is 27.9 Å². The summed E-state index contributed by atoms with van der Waals surface area (Å²) in [4.78, 5) is 1.43. The van der Waals surface area contributed by atoms with E-state index in [-0.39, 0.29) is 5.60 Å². The molecule has 0 bridgehead atoms. The highest BCUT2D eigenvalue weighted by atomic mass is 79.9. The summed E-state index contributed by atoms with van der Waals surface area (Å²) in [6.07, 6.45) is 7.22. The van der Waals surface area contributed by atoms with Crippen molar-refractivity contribution in [2.24, 2.45) is 0 Å². The van der Waals surface area contributed by atoms with Crippen molar-refractivity contribution in [1.29, 1.82) is 0 Å². The molecule has 1 aromatic heterocycles. The molecule has 108 valence electrons. The first kappa shape index (κ1) is 15.5. The van der Waals surface area contributed by atoms with Gasteiger partial charge in [0.15, 0.2) is 0 Å². The summed E-state index contributed by atoms with van der Waals surface area (Å²) in [6.45, 7) is 3.29. The molecule has 19 heavy (non-hydrogen) atoms. The van der Waals surface area contributed by atoms with E-state index in [2.05, 4.69) is 39.6 Å². The maximum absolute atomic E-state index is 5.97. The lowest BCUT2D eigenvalue weighted by Gasteiger charge is -2.37. The van der Waals surface area contributed by atoms with Crippen molar-refractivity contribution < 1.29 is 4.74 Å². The molecule has 1 aromatic rings. The minimum atomic E-state index is 0.0473. The first-order chi connectivity index (χ1) is 9.20. The first-order valence-electron chi connectivity index (χ1n) is 7.21. The van der Waals surface area contributed by atoms with Gasteiger partial charge in [-0.3, -0.25) is 0 Å². The second-order valence-electron chi connectivity index (χ2n) is 5.42. The maximum Gasteiger partial charge on any atom is 0.0834 e. The van der Waals surface area contributed by atoms with Crippen LogP contribution in [0.5, 0.6) is 0 Å². The van der Waals surface area contributed by atoms with Crippen LogP contribution in [-0.4, -0.2) is 25.3 Å². The molecule has 1 aliphatic carbocycles. The Morgan fingerprint density at radius 3 is 2.74 bits per heavy atom. The van der Waals surface area contributed by atoms with E-state index in [1.807, 2.05) is 18.4 Å². The quantitative estimate of drug-likeness (QED) is 0.791. The third-order valence-corrected chi connectivity index (χ3v) is 5.88. The standard InChI is InChI=1S/C15H24BrNOS/c1-3-8-17-14(10-13-9-12(16)11-19-13)15(18-2)6-4-5-7-15/h9,11,14,17H,3-8,10H2,1-2H3. The van der Waals surface area contributed by atoms with E-state index < -0.39 is 0 Å². The molecule has 4 heteroatoms. The van der Waals surface area contributed by atoms with Crippen molar-refractivity contribution in [2.45, 2.75) is 57.1 Å². The number of hydrogen-bond donors (Lipinski definition) is 1. The normalized spacial score (nSPS) is 19.7. The van der Waals surface area contributed by atoms with Gasteiger partial charge in [0.05, 0.1) is 5.60 Å². The lowest BCUT2D eigenvalue weighted by molar-refractivity contribution is -0.0352. The highest BCUT2D eigenvalue weighted by Crippen LogP contribution is 2.37. The molecule has 0 saturated heterocycles. The van der Waals surface area contributed by atoms with Gasteiger partial charge in [-0.1, -0.05) is 19.8 Å². The third kappa shape index (κ3) is 3.81. The van der Waals surface area contributed by atoms with Gasteiger partial charge in [-0.25, -0.2) is 0 Å². The number of rotatable bonds is 7. The Hall–Kier alpha value is 0.1000. The minimum Gasteiger partial charge on any atom is -0.377 e. The van der Waals surface area contributed by atoms with Gasteiger partial charge < -0.3 is 10.1 Å². The van der Waals surface area contributed by atoms with E-state index >= 15 is 0 Å². The van der Waals surface area contributed by atoms with Crippen molar-refractivity contribution in [3.05, 3.63) is 20.8 Å². The fraction of sp³-hybridized carbons (Fsp3) is 0.733. The molecular formula is C15H24BrNOS. The molecular weight excluding hydrogens is 322 g/mol. The topological polar surface area (TPSA) is 21.3 Å². The zero-order chi connectivity index (χ0) is 13.7. The largest absolute Gasteiger partial charge is 0.377 e. The zero-order valence-electron chi connectivity index (χ0n) is 11.9. The summed E-state index contributed by atoms with van der Waals surface area (Å²) in [5.41, 5.74) is 0.0473. The molecule has 1 fully saturated rings. The fourth-order valence-electron chi connectivity index (χ4n) is 3.09. The van der Waals surface area contributed by atoms with Crippen molar-refractivity contribution >= 4 is 27.3 Å². The highest BCUT2D eigenvalue weighted by Gasteiger charge is 2.41. The van der Waals surface area contributed by atoms with Crippen LogP contribution < -0.4 is 5.32 Å². The SMILES string of the molecule is CCCNC(Cc1cc(Br)cs1)C1(OC)CCCC1. The second kappa shape index (κ2) is 7.21. The van der Waals surface area contributed by atoms with Crippen molar-refractivity contribution in [3.8, 4) is 0 Å². The number of thiophene rings is 1. The van der Waals surface area contributed by atoms with Crippen LogP contribution in [0, 0.1) is 0 Å². The summed E-state index contributed by atoms with van der Waals surface area (Å²) >= 11 is 5.38. The molecule has 1 atom stereocenters. The smallest absolute Gasteiger partial charge is 0.0834 e. The first-order valence-corrected chi connectivity index (χ1v) is 8.89. The van der Waals surface area contributed by atoms with E-state index in [1.54, 1.807) is 0 Å². The predicted octanol–water partition coefficient (Wildman–Crippen LogP) is 4.38. The van der Waals surface area contributed by atoms with Gasteiger partial charge >= 0.3 is 0 Å². The zero-order valence-corrected chi connectivity index (χ0v) is 14.3.